The van der Waals surface area contributed by atoms with Gasteiger partial charge in [-0.2, -0.15) is 0 Å². The maximum absolute atomic E-state index is 12.6. The smallest absolute Gasteiger partial charge is 0.249 e. The Labute approximate surface area is 450 Å². The van der Waals surface area contributed by atoms with Crippen LogP contribution in [-0.4, -0.2) is 57.3 Å². The summed E-state index contributed by atoms with van der Waals surface area (Å²) >= 11 is 0. The predicted molar refractivity (Wildman–Crippen MR) is 316 cm³/mol. The quantitative estimate of drug-likeness (QED) is 0.0308. The Morgan fingerprint density at radius 3 is 0.875 bits per heavy atom. The summed E-state index contributed by atoms with van der Waals surface area (Å²) < 4.78 is 0. The van der Waals surface area contributed by atoms with Crippen LogP contribution in [0.3, 0.4) is 0 Å². The maximum atomic E-state index is 12.6. The van der Waals surface area contributed by atoms with Crippen LogP contribution in [0.4, 0.5) is 0 Å². The first-order valence-corrected chi connectivity index (χ1v) is 32.7. The average molecular weight is 1020 g/mol. The molecule has 0 saturated carbocycles. The number of carbonyl (C=O) groups is 1. The van der Waals surface area contributed by atoms with Crippen LogP contribution in [0.2, 0.25) is 0 Å². The van der Waals surface area contributed by atoms with Crippen molar-refractivity contribution < 1.29 is 25.2 Å². The van der Waals surface area contributed by atoms with E-state index in [4.69, 9.17) is 0 Å². The lowest BCUT2D eigenvalue weighted by Gasteiger charge is -2.27. The molecule has 0 saturated heterocycles. The van der Waals surface area contributed by atoms with Gasteiger partial charge in [0.1, 0.15) is 12.2 Å². The van der Waals surface area contributed by atoms with Crippen molar-refractivity contribution >= 4 is 5.91 Å². The van der Waals surface area contributed by atoms with Crippen molar-refractivity contribution in [3.05, 3.63) is 24.3 Å². The highest BCUT2D eigenvalue weighted by Gasteiger charge is 2.28. The zero-order chi connectivity index (χ0) is 52.3. The molecule has 0 spiro atoms. The monoisotopic (exact) mass is 1020 g/mol. The Morgan fingerprint density at radius 2 is 0.583 bits per heavy atom. The molecule has 0 aliphatic carbocycles. The first-order chi connectivity index (χ1) is 35.5. The summed E-state index contributed by atoms with van der Waals surface area (Å²) in [4.78, 5) is 12.6. The highest BCUT2D eigenvalue weighted by molar-refractivity contribution is 5.80. The summed E-state index contributed by atoms with van der Waals surface area (Å²) in [5.41, 5.74) is 0. The number of amides is 1. The Hall–Kier alpha value is -1.21. The lowest BCUT2D eigenvalue weighted by atomic mass is 10.00. The van der Waals surface area contributed by atoms with Crippen LogP contribution in [-0.2, 0) is 4.79 Å². The minimum Gasteiger partial charge on any atom is -0.394 e. The zero-order valence-electron chi connectivity index (χ0n) is 48.7. The predicted octanol–water partition coefficient (Wildman–Crippen LogP) is 19.8. The molecule has 0 aromatic rings. The number of aliphatic hydroxyl groups excluding tert-OH is 4. The first kappa shape index (κ1) is 70.8. The molecule has 0 aliphatic rings. The topological polar surface area (TPSA) is 110 Å². The summed E-state index contributed by atoms with van der Waals surface area (Å²) in [6.45, 7) is 4.09. The number of nitrogens with one attached hydrogen (secondary N) is 1. The number of carbonyl (C=O) groups excluding carboxylic acids is 1. The molecule has 6 nitrogen and oxygen atoms in total. The van der Waals surface area contributed by atoms with Gasteiger partial charge in [0.2, 0.25) is 5.91 Å². The van der Waals surface area contributed by atoms with Gasteiger partial charge in [-0.05, 0) is 51.4 Å². The van der Waals surface area contributed by atoms with Crippen LogP contribution in [0.15, 0.2) is 24.3 Å². The van der Waals surface area contributed by atoms with Gasteiger partial charge in [-0.25, -0.2) is 0 Å². The van der Waals surface area contributed by atoms with E-state index in [-0.39, 0.29) is 0 Å². The Balaban J connectivity index is 3.60. The van der Waals surface area contributed by atoms with Crippen LogP contribution in [0.1, 0.15) is 361 Å². The fourth-order valence-corrected chi connectivity index (χ4v) is 10.5. The third-order valence-electron chi connectivity index (χ3n) is 15.6. The SMILES string of the molecule is CCCCCCCCCCCCCCCCCCCCC/C=C/CC/C=C/CCCC(O)C(O)C(CO)NC(=O)C(O)CCCCCCCCCCCCCCCCCCCCCCCCCCCCCC. The molecule has 0 fully saturated rings. The summed E-state index contributed by atoms with van der Waals surface area (Å²) in [7, 11) is 0. The van der Waals surface area contributed by atoms with Gasteiger partial charge in [0.25, 0.3) is 0 Å². The second-order valence-corrected chi connectivity index (χ2v) is 22.8. The van der Waals surface area contributed by atoms with Gasteiger partial charge < -0.3 is 25.7 Å². The Kier molecular flexibility index (Phi) is 59.6. The van der Waals surface area contributed by atoms with E-state index in [1.165, 1.54) is 289 Å². The molecule has 5 N–H and O–H groups in total. The van der Waals surface area contributed by atoms with E-state index in [1.807, 2.05) is 0 Å². The second-order valence-electron chi connectivity index (χ2n) is 22.8. The fraction of sp³-hybridized carbons (Fsp3) is 0.924. The number of hydrogen-bond donors (Lipinski definition) is 5. The fourth-order valence-electron chi connectivity index (χ4n) is 10.5. The molecular weight excluding hydrogens is 887 g/mol. The molecule has 0 heterocycles. The highest BCUT2D eigenvalue weighted by Crippen LogP contribution is 2.19. The number of allylic oxidation sites excluding steroid dienone is 4. The van der Waals surface area contributed by atoms with Gasteiger partial charge in [-0.1, -0.05) is 334 Å². The van der Waals surface area contributed by atoms with Gasteiger partial charge >= 0.3 is 0 Å². The maximum Gasteiger partial charge on any atom is 0.249 e. The third-order valence-corrected chi connectivity index (χ3v) is 15.6. The molecule has 0 aromatic carbocycles. The average Bonchev–Trinajstić information content (AvgIpc) is 3.39. The lowest BCUT2D eigenvalue weighted by Crippen LogP contribution is -2.53. The van der Waals surface area contributed by atoms with Crippen molar-refractivity contribution in [1.82, 2.24) is 5.32 Å². The molecular formula is C66H129NO5. The van der Waals surface area contributed by atoms with Gasteiger partial charge in [0.05, 0.1) is 18.8 Å². The van der Waals surface area contributed by atoms with E-state index >= 15 is 0 Å². The zero-order valence-corrected chi connectivity index (χ0v) is 48.7. The molecule has 4 unspecified atom stereocenters. The van der Waals surface area contributed by atoms with Crippen LogP contribution in [0.5, 0.6) is 0 Å². The second kappa shape index (κ2) is 60.7. The first-order valence-electron chi connectivity index (χ1n) is 32.7. The van der Waals surface area contributed by atoms with Crippen molar-refractivity contribution in [2.45, 2.75) is 385 Å². The molecule has 6 heteroatoms. The van der Waals surface area contributed by atoms with Crippen LogP contribution < -0.4 is 5.32 Å². The van der Waals surface area contributed by atoms with Crippen LogP contribution >= 0.6 is 0 Å². The van der Waals surface area contributed by atoms with Crippen molar-refractivity contribution in [2.24, 2.45) is 0 Å². The molecule has 428 valence electrons. The van der Waals surface area contributed by atoms with Gasteiger partial charge in [0, 0.05) is 0 Å². The normalized spacial score (nSPS) is 13.7. The van der Waals surface area contributed by atoms with Gasteiger partial charge in [0.15, 0.2) is 0 Å². The molecule has 0 aliphatic heterocycles. The van der Waals surface area contributed by atoms with E-state index in [9.17, 15) is 25.2 Å². The molecule has 1 amide bonds. The van der Waals surface area contributed by atoms with E-state index in [2.05, 4.69) is 43.5 Å². The van der Waals surface area contributed by atoms with E-state index in [0.29, 0.717) is 19.3 Å². The summed E-state index contributed by atoms with van der Waals surface area (Å²) in [6, 6.07) is -1.01. The number of hydrogen-bond acceptors (Lipinski definition) is 5. The van der Waals surface area contributed by atoms with Gasteiger partial charge in [-0.15, -0.1) is 0 Å². The standard InChI is InChI=1S/C66H129NO5/c1-3-5-7-9-11-13-15-17-19-21-23-25-27-29-31-33-35-37-39-41-43-45-47-49-51-53-55-57-59-63(69)65(71)62(61-68)67-66(72)64(70)60-58-56-54-52-50-48-46-44-42-40-38-36-34-32-30-28-26-24-22-20-18-16-14-12-10-8-6-4-2/h43,45,51,53,62-65,68-71H,3-42,44,46-50,52,54-61H2,1-2H3,(H,67,72)/b45-43+,53-51+. The number of unbranched alkanes of at least 4 members (excludes halogenated alkanes) is 48. The molecule has 0 radical (unpaired) electrons. The molecule has 0 aromatic heterocycles. The molecule has 4 atom stereocenters. The summed E-state index contributed by atoms with van der Waals surface area (Å²) in [5, 5.41) is 44.1. The minimum atomic E-state index is -1.29. The van der Waals surface area contributed by atoms with Crippen molar-refractivity contribution in [3.8, 4) is 0 Å². The Bertz CT molecular complexity index is 1100. The Morgan fingerprint density at radius 1 is 0.333 bits per heavy atom. The van der Waals surface area contributed by atoms with Crippen LogP contribution in [0, 0.1) is 0 Å². The van der Waals surface area contributed by atoms with Crippen molar-refractivity contribution in [1.29, 1.82) is 0 Å². The van der Waals surface area contributed by atoms with E-state index < -0.39 is 36.9 Å². The molecule has 0 rings (SSSR count). The van der Waals surface area contributed by atoms with Gasteiger partial charge in [-0.3, -0.25) is 4.79 Å². The lowest BCUT2D eigenvalue weighted by molar-refractivity contribution is -0.132. The summed E-state index contributed by atoms with van der Waals surface area (Å²) in [5.74, 6) is -0.590. The van der Waals surface area contributed by atoms with E-state index in [0.717, 1.165) is 38.5 Å². The van der Waals surface area contributed by atoms with Crippen molar-refractivity contribution in [2.75, 3.05) is 6.61 Å². The highest BCUT2D eigenvalue weighted by atomic mass is 16.3. The van der Waals surface area contributed by atoms with Crippen LogP contribution in [0.25, 0.3) is 0 Å². The largest absolute Gasteiger partial charge is 0.394 e. The molecule has 0 bridgehead atoms. The minimum absolute atomic E-state index is 0.365. The summed E-state index contributed by atoms with van der Waals surface area (Å²) in [6.07, 6.45) is 75.8. The van der Waals surface area contributed by atoms with E-state index in [1.54, 1.807) is 0 Å². The number of rotatable bonds is 61. The van der Waals surface area contributed by atoms with Crippen molar-refractivity contribution in [3.63, 3.8) is 0 Å². The molecule has 72 heavy (non-hydrogen) atoms. The third kappa shape index (κ3) is 53.6. The number of aliphatic hydroxyl groups is 4.